The molecule has 3 nitrogen and oxygen atoms in total. The highest BCUT2D eigenvalue weighted by Gasteiger charge is 2.25. The highest BCUT2D eigenvalue weighted by molar-refractivity contribution is 5.98. The van der Waals surface area contributed by atoms with Gasteiger partial charge in [-0.3, -0.25) is 4.79 Å². The first kappa shape index (κ1) is 10.0. The van der Waals surface area contributed by atoms with Crippen LogP contribution < -0.4 is 10.1 Å². The lowest BCUT2D eigenvalue weighted by Gasteiger charge is -2.26. The van der Waals surface area contributed by atoms with E-state index >= 15 is 0 Å². The van der Waals surface area contributed by atoms with Crippen LogP contribution in [0.1, 0.15) is 32.3 Å². The van der Waals surface area contributed by atoms with E-state index in [1.807, 2.05) is 18.2 Å². The molecule has 1 aromatic rings. The molecule has 1 heterocycles. The molecule has 0 aromatic heterocycles. The molecule has 0 bridgehead atoms. The SMILES string of the molecule is CC1Oc2cccc(C(C)C)c2NC1=O. The molecule has 0 fully saturated rings. The Bertz CT molecular complexity index is 399. The Labute approximate surface area is 89.4 Å². The molecule has 1 amide bonds. The molecule has 1 N–H and O–H groups in total. The smallest absolute Gasteiger partial charge is 0.265 e. The number of hydrogen-bond donors (Lipinski definition) is 1. The van der Waals surface area contributed by atoms with Gasteiger partial charge in [-0.05, 0) is 24.5 Å². The Morgan fingerprint density at radius 2 is 2.13 bits per heavy atom. The van der Waals surface area contributed by atoms with Gasteiger partial charge < -0.3 is 10.1 Å². The van der Waals surface area contributed by atoms with Crippen molar-refractivity contribution in [2.45, 2.75) is 32.8 Å². The van der Waals surface area contributed by atoms with Gasteiger partial charge in [-0.2, -0.15) is 0 Å². The number of hydrogen-bond acceptors (Lipinski definition) is 2. The van der Waals surface area contributed by atoms with Crippen LogP contribution in [0.15, 0.2) is 18.2 Å². The lowest BCUT2D eigenvalue weighted by atomic mass is 9.99. The normalized spacial score (nSPS) is 19.5. The molecule has 0 aliphatic carbocycles. The van der Waals surface area contributed by atoms with Crippen molar-refractivity contribution in [2.75, 3.05) is 5.32 Å². The van der Waals surface area contributed by atoms with Crippen molar-refractivity contribution in [2.24, 2.45) is 0 Å². The van der Waals surface area contributed by atoms with Crippen molar-refractivity contribution in [1.29, 1.82) is 0 Å². The molecule has 0 spiro atoms. The van der Waals surface area contributed by atoms with Gasteiger partial charge in [0.2, 0.25) is 0 Å². The largest absolute Gasteiger partial charge is 0.479 e. The maximum absolute atomic E-state index is 11.5. The third-order valence-electron chi connectivity index (χ3n) is 2.60. The van der Waals surface area contributed by atoms with E-state index in [0.717, 1.165) is 17.0 Å². The van der Waals surface area contributed by atoms with Crippen molar-refractivity contribution in [3.8, 4) is 5.75 Å². The number of ether oxygens (including phenoxy) is 1. The number of rotatable bonds is 1. The second-order valence-corrected chi connectivity index (χ2v) is 4.12. The zero-order valence-electron chi connectivity index (χ0n) is 9.20. The van der Waals surface area contributed by atoms with Gasteiger partial charge in [0, 0.05) is 0 Å². The quantitative estimate of drug-likeness (QED) is 0.765. The summed E-state index contributed by atoms with van der Waals surface area (Å²) in [5.41, 5.74) is 1.95. The van der Waals surface area contributed by atoms with Crippen LogP contribution in [0, 0.1) is 0 Å². The van der Waals surface area contributed by atoms with Gasteiger partial charge in [0.1, 0.15) is 5.75 Å². The van der Waals surface area contributed by atoms with Gasteiger partial charge >= 0.3 is 0 Å². The van der Waals surface area contributed by atoms with E-state index in [1.165, 1.54) is 0 Å². The minimum atomic E-state index is -0.403. The van der Waals surface area contributed by atoms with Crippen LogP contribution in [0.4, 0.5) is 5.69 Å². The van der Waals surface area contributed by atoms with Crippen LogP contribution in [-0.4, -0.2) is 12.0 Å². The van der Waals surface area contributed by atoms with Crippen molar-refractivity contribution in [1.82, 2.24) is 0 Å². The first-order valence-corrected chi connectivity index (χ1v) is 5.20. The van der Waals surface area contributed by atoms with Crippen LogP contribution in [0.2, 0.25) is 0 Å². The molecular weight excluding hydrogens is 190 g/mol. The summed E-state index contributed by atoms with van der Waals surface area (Å²) >= 11 is 0. The topological polar surface area (TPSA) is 38.3 Å². The highest BCUT2D eigenvalue weighted by Crippen LogP contribution is 2.36. The second kappa shape index (κ2) is 3.57. The fourth-order valence-corrected chi connectivity index (χ4v) is 1.73. The van der Waals surface area contributed by atoms with E-state index in [-0.39, 0.29) is 5.91 Å². The molecule has 0 saturated heterocycles. The van der Waals surface area contributed by atoms with Crippen molar-refractivity contribution >= 4 is 11.6 Å². The van der Waals surface area contributed by atoms with Crippen LogP contribution in [-0.2, 0) is 4.79 Å². The van der Waals surface area contributed by atoms with Gasteiger partial charge in [0.05, 0.1) is 5.69 Å². The number of carbonyl (C=O) groups excluding carboxylic acids is 1. The van der Waals surface area contributed by atoms with E-state index in [4.69, 9.17) is 4.74 Å². The number of anilines is 1. The van der Waals surface area contributed by atoms with Crippen molar-refractivity contribution < 1.29 is 9.53 Å². The third kappa shape index (κ3) is 1.69. The standard InChI is InChI=1S/C12H15NO2/c1-7(2)9-5-4-6-10-11(9)13-12(14)8(3)15-10/h4-8H,1-3H3,(H,13,14). The van der Waals surface area contributed by atoms with Crippen molar-refractivity contribution in [3.05, 3.63) is 23.8 Å². The van der Waals surface area contributed by atoms with Gasteiger partial charge in [-0.15, -0.1) is 0 Å². The molecule has 0 radical (unpaired) electrons. The van der Waals surface area contributed by atoms with Crippen LogP contribution >= 0.6 is 0 Å². The van der Waals surface area contributed by atoms with E-state index in [1.54, 1.807) is 6.92 Å². The van der Waals surface area contributed by atoms with Gasteiger partial charge in [-0.1, -0.05) is 26.0 Å². The summed E-state index contributed by atoms with van der Waals surface area (Å²) in [7, 11) is 0. The van der Waals surface area contributed by atoms with E-state index in [2.05, 4.69) is 19.2 Å². The summed E-state index contributed by atoms with van der Waals surface area (Å²) in [4.78, 5) is 11.5. The average Bonchev–Trinajstić information content (AvgIpc) is 2.18. The number of para-hydroxylation sites is 1. The molecule has 2 rings (SSSR count). The number of benzene rings is 1. The summed E-state index contributed by atoms with van der Waals surface area (Å²) in [5, 5.41) is 2.90. The molecule has 3 heteroatoms. The summed E-state index contributed by atoms with van der Waals surface area (Å²) in [6.45, 7) is 5.94. The lowest BCUT2D eigenvalue weighted by molar-refractivity contribution is -0.122. The molecule has 1 atom stereocenters. The molecule has 1 unspecified atom stereocenters. The van der Waals surface area contributed by atoms with Crippen LogP contribution in [0.5, 0.6) is 5.75 Å². The minimum Gasteiger partial charge on any atom is -0.479 e. The monoisotopic (exact) mass is 205 g/mol. The molecular formula is C12H15NO2. The maximum Gasteiger partial charge on any atom is 0.265 e. The van der Waals surface area contributed by atoms with Gasteiger partial charge in [-0.25, -0.2) is 0 Å². The number of carbonyl (C=O) groups is 1. The molecule has 15 heavy (non-hydrogen) atoms. The predicted octanol–water partition coefficient (Wildman–Crippen LogP) is 2.53. The fraction of sp³-hybridized carbons (Fsp3) is 0.417. The maximum atomic E-state index is 11.5. The van der Waals surface area contributed by atoms with E-state index in [9.17, 15) is 4.79 Å². The predicted molar refractivity (Wildman–Crippen MR) is 59.3 cm³/mol. The lowest BCUT2D eigenvalue weighted by Crippen LogP contribution is -2.34. The molecule has 0 saturated carbocycles. The molecule has 1 aliphatic heterocycles. The zero-order chi connectivity index (χ0) is 11.0. The molecule has 80 valence electrons. The summed E-state index contributed by atoms with van der Waals surface area (Å²) in [6.07, 6.45) is -0.403. The number of nitrogens with one attached hydrogen (secondary N) is 1. The Morgan fingerprint density at radius 1 is 1.40 bits per heavy atom. The van der Waals surface area contributed by atoms with E-state index in [0.29, 0.717) is 5.92 Å². The molecule has 1 aromatic carbocycles. The minimum absolute atomic E-state index is 0.0735. The fourth-order valence-electron chi connectivity index (χ4n) is 1.73. The summed E-state index contributed by atoms with van der Waals surface area (Å²) in [6, 6.07) is 5.86. The second-order valence-electron chi connectivity index (χ2n) is 4.12. The van der Waals surface area contributed by atoms with Crippen molar-refractivity contribution in [3.63, 3.8) is 0 Å². The Kier molecular flexibility index (Phi) is 2.39. The summed E-state index contributed by atoms with van der Waals surface area (Å²) in [5.74, 6) is 1.07. The highest BCUT2D eigenvalue weighted by atomic mass is 16.5. The third-order valence-corrected chi connectivity index (χ3v) is 2.60. The van der Waals surface area contributed by atoms with E-state index < -0.39 is 6.10 Å². The first-order valence-electron chi connectivity index (χ1n) is 5.20. The van der Waals surface area contributed by atoms with Crippen LogP contribution in [0.3, 0.4) is 0 Å². The van der Waals surface area contributed by atoms with Gasteiger partial charge in [0.15, 0.2) is 6.10 Å². The zero-order valence-corrected chi connectivity index (χ0v) is 9.20. The average molecular weight is 205 g/mol. The van der Waals surface area contributed by atoms with Crippen LogP contribution in [0.25, 0.3) is 0 Å². The van der Waals surface area contributed by atoms with Gasteiger partial charge in [0.25, 0.3) is 5.91 Å². The summed E-state index contributed by atoms with van der Waals surface area (Å²) < 4.78 is 5.52. The Hall–Kier alpha value is -1.51. The Morgan fingerprint density at radius 3 is 2.80 bits per heavy atom. The molecule has 1 aliphatic rings. The Balaban J connectivity index is 2.48. The first-order chi connectivity index (χ1) is 7.09. The number of amides is 1. The number of fused-ring (bicyclic) bond motifs is 1.